The molecule has 0 fully saturated rings. The van der Waals surface area contributed by atoms with Gasteiger partial charge < -0.3 is 9.73 Å². The van der Waals surface area contributed by atoms with E-state index >= 15 is 0 Å². The van der Waals surface area contributed by atoms with E-state index < -0.39 is 0 Å². The van der Waals surface area contributed by atoms with Crippen LogP contribution in [0.3, 0.4) is 0 Å². The van der Waals surface area contributed by atoms with Crippen LogP contribution in [0, 0.1) is 0 Å². The molecule has 0 spiro atoms. The number of rotatable bonds is 3. The van der Waals surface area contributed by atoms with Crippen molar-refractivity contribution in [1.29, 1.82) is 0 Å². The van der Waals surface area contributed by atoms with Crippen molar-refractivity contribution >= 4 is 27.4 Å². The third-order valence-electron chi connectivity index (χ3n) is 6.87. The highest BCUT2D eigenvalue weighted by Crippen LogP contribution is 2.47. The standard InChI is InChI=1S/C28H24N2O/c1-29-28-22(12-14-31-28)20-15-26(19-6-4-13-30-17-19)25-11-10-23-21-7-3-2-5-18(21)8-9-24(23)27(25)16-20/h2-14,17,20,26,29H,15-16H2,1H3. The van der Waals surface area contributed by atoms with Gasteiger partial charge in [-0.25, -0.2) is 0 Å². The predicted octanol–water partition coefficient (Wildman–Crippen LogP) is 6.88. The number of hydrogen-bond donors (Lipinski definition) is 1. The molecular formula is C28H24N2O. The largest absolute Gasteiger partial charge is 0.449 e. The van der Waals surface area contributed by atoms with E-state index in [-0.39, 0.29) is 0 Å². The number of aromatic nitrogens is 1. The average molecular weight is 405 g/mol. The number of nitrogens with one attached hydrogen (secondary N) is 1. The summed E-state index contributed by atoms with van der Waals surface area (Å²) in [7, 11) is 1.93. The third-order valence-corrected chi connectivity index (χ3v) is 6.87. The van der Waals surface area contributed by atoms with Gasteiger partial charge in [0.2, 0.25) is 0 Å². The van der Waals surface area contributed by atoms with Gasteiger partial charge in [-0.1, -0.05) is 54.6 Å². The van der Waals surface area contributed by atoms with Crippen LogP contribution in [-0.2, 0) is 6.42 Å². The Balaban J connectivity index is 1.59. The van der Waals surface area contributed by atoms with Crippen molar-refractivity contribution in [2.75, 3.05) is 12.4 Å². The van der Waals surface area contributed by atoms with E-state index in [4.69, 9.17) is 4.42 Å². The van der Waals surface area contributed by atoms with Crippen LogP contribution in [0.25, 0.3) is 21.5 Å². The first-order valence-corrected chi connectivity index (χ1v) is 10.9. The van der Waals surface area contributed by atoms with E-state index in [1.807, 2.05) is 25.5 Å². The summed E-state index contributed by atoms with van der Waals surface area (Å²) in [5, 5.41) is 8.55. The molecule has 0 aliphatic heterocycles. The molecule has 2 atom stereocenters. The molecule has 0 radical (unpaired) electrons. The van der Waals surface area contributed by atoms with Gasteiger partial charge in [0.25, 0.3) is 0 Å². The summed E-state index contributed by atoms with van der Waals surface area (Å²) >= 11 is 0. The smallest absolute Gasteiger partial charge is 0.195 e. The predicted molar refractivity (Wildman–Crippen MR) is 127 cm³/mol. The molecule has 152 valence electrons. The molecule has 1 aliphatic carbocycles. The van der Waals surface area contributed by atoms with E-state index in [9.17, 15) is 0 Å². The summed E-state index contributed by atoms with van der Waals surface area (Å²) in [4.78, 5) is 4.43. The molecule has 0 amide bonds. The minimum Gasteiger partial charge on any atom is -0.449 e. The van der Waals surface area contributed by atoms with Gasteiger partial charge in [0.05, 0.1) is 6.26 Å². The maximum Gasteiger partial charge on any atom is 0.195 e. The van der Waals surface area contributed by atoms with Crippen molar-refractivity contribution < 1.29 is 4.42 Å². The van der Waals surface area contributed by atoms with E-state index in [0.717, 1.165) is 18.7 Å². The molecule has 6 rings (SSSR count). The fourth-order valence-corrected chi connectivity index (χ4v) is 5.44. The SMILES string of the molecule is CNc1occc1C1Cc2c(ccc3c2ccc2ccccc23)C(c2cccnc2)C1. The fourth-order valence-electron chi connectivity index (χ4n) is 5.44. The quantitative estimate of drug-likeness (QED) is 0.333. The van der Waals surface area contributed by atoms with Gasteiger partial charge in [0.15, 0.2) is 5.88 Å². The zero-order valence-electron chi connectivity index (χ0n) is 17.5. The van der Waals surface area contributed by atoms with E-state index in [1.165, 1.54) is 43.8 Å². The molecule has 2 heterocycles. The average Bonchev–Trinajstić information content (AvgIpc) is 3.32. The van der Waals surface area contributed by atoms with Crippen molar-refractivity contribution in [2.24, 2.45) is 0 Å². The van der Waals surface area contributed by atoms with Gasteiger partial charge in [0.1, 0.15) is 0 Å². The van der Waals surface area contributed by atoms with Gasteiger partial charge in [-0.3, -0.25) is 4.98 Å². The highest BCUT2D eigenvalue weighted by molar-refractivity contribution is 6.08. The molecule has 1 N–H and O–H groups in total. The zero-order valence-corrected chi connectivity index (χ0v) is 17.5. The lowest BCUT2D eigenvalue weighted by Crippen LogP contribution is -2.19. The number of nitrogens with zero attached hydrogens (tertiary/aromatic N) is 1. The number of pyridine rings is 1. The second kappa shape index (κ2) is 7.28. The number of hydrogen-bond acceptors (Lipinski definition) is 3. The monoisotopic (exact) mass is 404 g/mol. The van der Waals surface area contributed by atoms with Crippen LogP contribution in [0.1, 0.15) is 40.5 Å². The number of furan rings is 1. The summed E-state index contributed by atoms with van der Waals surface area (Å²) in [6.07, 6.45) is 7.73. The van der Waals surface area contributed by atoms with Gasteiger partial charge in [-0.05, 0) is 69.1 Å². The summed E-state index contributed by atoms with van der Waals surface area (Å²) in [6.45, 7) is 0. The Kier molecular flexibility index (Phi) is 4.27. The molecule has 31 heavy (non-hydrogen) atoms. The summed E-state index contributed by atoms with van der Waals surface area (Å²) < 4.78 is 5.72. The maximum atomic E-state index is 5.72. The Morgan fingerprint density at radius 1 is 0.871 bits per heavy atom. The number of benzene rings is 3. The van der Waals surface area contributed by atoms with Crippen LogP contribution in [0.15, 0.2) is 89.8 Å². The van der Waals surface area contributed by atoms with Crippen LogP contribution in [-0.4, -0.2) is 12.0 Å². The van der Waals surface area contributed by atoms with Crippen LogP contribution in [0.4, 0.5) is 5.88 Å². The van der Waals surface area contributed by atoms with E-state index in [2.05, 4.69) is 71.0 Å². The molecule has 2 aromatic heterocycles. The normalized spacial score (nSPS) is 18.2. The topological polar surface area (TPSA) is 38.1 Å². The second-order valence-electron chi connectivity index (χ2n) is 8.45. The van der Waals surface area contributed by atoms with Crippen molar-refractivity contribution in [2.45, 2.75) is 24.7 Å². The van der Waals surface area contributed by atoms with Crippen molar-refractivity contribution in [3.8, 4) is 0 Å². The van der Waals surface area contributed by atoms with Crippen LogP contribution < -0.4 is 5.32 Å². The summed E-state index contributed by atoms with van der Waals surface area (Å²) in [5.41, 5.74) is 5.43. The molecule has 3 heteroatoms. The lowest BCUT2D eigenvalue weighted by atomic mass is 9.71. The highest BCUT2D eigenvalue weighted by atomic mass is 16.3. The van der Waals surface area contributed by atoms with Gasteiger partial charge in [0, 0.05) is 30.9 Å². The number of fused-ring (bicyclic) bond motifs is 5. The molecule has 5 aromatic rings. The Hall–Kier alpha value is -3.59. The molecule has 2 unspecified atom stereocenters. The van der Waals surface area contributed by atoms with E-state index in [0.29, 0.717) is 11.8 Å². The molecular weight excluding hydrogens is 380 g/mol. The first-order chi connectivity index (χ1) is 15.3. The van der Waals surface area contributed by atoms with Gasteiger partial charge in [-0.2, -0.15) is 0 Å². The number of anilines is 1. The lowest BCUT2D eigenvalue weighted by Gasteiger charge is -2.33. The highest BCUT2D eigenvalue weighted by Gasteiger charge is 2.32. The molecule has 1 aliphatic rings. The minimum atomic E-state index is 0.318. The Bertz CT molecular complexity index is 1390. The maximum absolute atomic E-state index is 5.72. The van der Waals surface area contributed by atoms with Gasteiger partial charge >= 0.3 is 0 Å². The minimum absolute atomic E-state index is 0.318. The molecule has 0 saturated heterocycles. The third kappa shape index (κ3) is 2.92. The van der Waals surface area contributed by atoms with Crippen molar-refractivity contribution in [1.82, 2.24) is 4.98 Å². The lowest BCUT2D eigenvalue weighted by molar-refractivity contribution is 0.527. The molecule has 0 saturated carbocycles. The summed E-state index contributed by atoms with van der Waals surface area (Å²) in [6, 6.07) is 24.3. The Labute approximate surface area is 181 Å². The van der Waals surface area contributed by atoms with Gasteiger partial charge in [-0.15, -0.1) is 0 Å². The zero-order chi connectivity index (χ0) is 20.8. The van der Waals surface area contributed by atoms with E-state index in [1.54, 1.807) is 6.26 Å². The molecule has 0 bridgehead atoms. The Morgan fingerprint density at radius 2 is 1.77 bits per heavy atom. The molecule has 3 nitrogen and oxygen atoms in total. The van der Waals surface area contributed by atoms with Crippen molar-refractivity contribution in [3.63, 3.8) is 0 Å². The second-order valence-corrected chi connectivity index (χ2v) is 8.45. The summed E-state index contributed by atoms with van der Waals surface area (Å²) in [5.74, 6) is 1.58. The first kappa shape index (κ1) is 18.2. The van der Waals surface area contributed by atoms with Crippen LogP contribution in [0.5, 0.6) is 0 Å². The van der Waals surface area contributed by atoms with Crippen molar-refractivity contribution in [3.05, 3.63) is 108 Å². The Morgan fingerprint density at radius 3 is 2.65 bits per heavy atom. The van der Waals surface area contributed by atoms with Crippen LogP contribution in [0.2, 0.25) is 0 Å². The first-order valence-electron chi connectivity index (χ1n) is 10.9. The fraction of sp³-hybridized carbons (Fsp3) is 0.179. The molecule has 3 aromatic carbocycles. The van der Waals surface area contributed by atoms with Crippen LogP contribution >= 0.6 is 0 Å².